The zero-order valence-corrected chi connectivity index (χ0v) is 17.3. The number of likely N-dealkylation sites (tertiary alicyclic amines) is 1. The molecule has 2 aromatic carbocycles. The Morgan fingerprint density at radius 3 is 2.63 bits per heavy atom. The Balaban J connectivity index is 1.34. The summed E-state index contributed by atoms with van der Waals surface area (Å²) in [5, 5.41) is 3.67. The minimum atomic E-state index is -0.302. The van der Waals surface area contributed by atoms with Gasteiger partial charge in [-0.05, 0) is 63.1 Å². The number of pyridine rings is 1. The topological polar surface area (TPSA) is 54.5 Å². The fraction of sp³-hybridized carbons (Fsp3) is 0.333. The molecule has 156 valence electrons. The molecule has 1 atom stereocenters. The average molecular weight is 407 g/mol. The van der Waals surface area contributed by atoms with E-state index >= 15 is 0 Å². The highest BCUT2D eigenvalue weighted by Crippen LogP contribution is 2.28. The first-order valence-electron chi connectivity index (χ1n) is 10.3. The number of aromatic nitrogens is 1. The minimum Gasteiger partial charge on any atom is -0.490 e. The van der Waals surface area contributed by atoms with Crippen LogP contribution in [0.3, 0.4) is 0 Å². The smallest absolute Gasteiger partial charge is 0.241 e. The molecule has 1 fully saturated rings. The highest BCUT2D eigenvalue weighted by atomic mass is 19.1. The summed E-state index contributed by atoms with van der Waals surface area (Å²) < 4.78 is 19.8. The van der Waals surface area contributed by atoms with Crippen LogP contribution in [0, 0.1) is 12.7 Å². The quantitative estimate of drug-likeness (QED) is 0.674. The van der Waals surface area contributed by atoms with Crippen LogP contribution in [0.4, 0.5) is 10.1 Å². The largest absolute Gasteiger partial charge is 0.490 e. The van der Waals surface area contributed by atoms with Crippen LogP contribution in [0.5, 0.6) is 5.75 Å². The third-order valence-corrected chi connectivity index (χ3v) is 5.68. The van der Waals surface area contributed by atoms with Gasteiger partial charge in [0.15, 0.2) is 0 Å². The molecule has 1 aromatic heterocycles. The van der Waals surface area contributed by atoms with Crippen molar-refractivity contribution < 1.29 is 13.9 Å². The maximum atomic E-state index is 13.7. The lowest BCUT2D eigenvalue weighted by atomic mass is 10.1. The number of ether oxygens (including phenoxy) is 1. The number of carbonyl (C=O) groups is 1. The van der Waals surface area contributed by atoms with Crippen molar-refractivity contribution in [2.75, 3.05) is 18.4 Å². The molecule has 0 aliphatic carbocycles. The number of benzene rings is 2. The summed E-state index contributed by atoms with van der Waals surface area (Å²) in [4.78, 5) is 19.1. The van der Waals surface area contributed by atoms with Gasteiger partial charge in [-0.3, -0.25) is 14.7 Å². The molecule has 0 spiro atoms. The fourth-order valence-corrected chi connectivity index (χ4v) is 3.81. The number of rotatable bonds is 5. The lowest BCUT2D eigenvalue weighted by molar-refractivity contribution is -0.121. The van der Waals surface area contributed by atoms with E-state index < -0.39 is 0 Å². The number of hydrogen-bond acceptors (Lipinski definition) is 4. The van der Waals surface area contributed by atoms with Gasteiger partial charge in [0, 0.05) is 30.4 Å². The molecule has 1 amide bonds. The number of nitrogens with zero attached hydrogens (tertiary/aromatic N) is 2. The second-order valence-corrected chi connectivity index (χ2v) is 7.85. The SMILES string of the molecule is Cc1ccc(NC(=O)C(C)N2CCC(Oc3ccnc4ccc(F)cc34)CC2)cc1. The molecular formula is C24H26FN3O2. The van der Waals surface area contributed by atoms with E-state index in [2.05, 4.69) is 15.2 Å². The third kappa shape index (κ3) is 4.60. The number of amides is 1. The van der Waals surface area contributed by atoms with Gasteiger partial charge < -0.3 is 10.1 Å². The summed E-state index contributed by atoms with van der Waals surface area (Å²) in [6.07, 6.45) is 3.33. The van der Waals surface area contributed by atoms with E-state index in [-0.39, 0.29) is 23.9 Å². The molecule has 0 saturated carbocycles. The van der Waals surface area contributed by atoms with Crippen LogP contribution >= 0.6 is 0 Å². The molecule has 30 heavy (non-hydrogen) atoms. The number of nitrogens with one attached hydrogen (secondary N) is 1. The maximum absolute atomic E-state index is 13.7. The molecule has 1 unspecified atom stereocenters. The number of piperidine rings is 1. The number of fused-ring (bicyclic) bond motifs is 1. The summed E-state index contributed by atoms with van der Waals surface area (Å²) in [5.41, 5.74) is 2.69. The molecule has 0 radical (unpaired) electrons. The Bertz CT molecular complexity index is 1030. The van der Waals surface area contributed by atoms with Crippen molar-refractivity contribution in [2.24, 2.45) is 0 Å². The summed E-state index contributed by atoms with van der Waals surface area (Å²) in [5.74, 6) is 0.348. The van der Waals surface area contributed by atoms with Crippen molar-refractivity contribution in [2.45, 2.75) is 38.8 Å². The average Bonchev–Trinajstić information content (AvgIpc) is 2.76. The highest BCUT2D eigenvalue weighted by molar-refractivity contribution is 5.94. The van der Waals surface area contributed by atoms with Gasteiger partial charge in [-0.2, -0.15) is 0 Å². The first kappa shape index (κ1) is 20.3. The van der Waals surface area contributed by atoms with Crippen LogP contribution in [0.15, 0.2) is 54.7 Å². The molecule has 6 heteroatoms. The molecule has 2 heterocycles. The van der Waals surface area contributed by atoms with Crippen molar-refractivity contribution in [3.05, 3.63) is 66.1 Å². The van der Waals surface area contributed by atoms with Crippen LogP contribution in [-0.2, 0) is 4.79 Å². The van der Waals surface area contributed by atoms with E-state index in [0.717, 1.165) is 37.2 Å². The van der Waals surface area contributed by atoms with Gasteiger partial charge in [0.25, 0.3) is 0 Å². The van der Waals surface area contributed by atoms with Gasteiger partial charge in [-0.15, -0.1) is 0 Å². The summed E-state index contributed by atoms with van der Waals surface area (Å²) in [6.45, 7) is 5.49. The summed E-state index contributed by atoms with van der Waals surface area (Å²) >= 11 is 0. The van der Waals surface area contributed by atoms with Crippen LogP contribution in [0.2, 0.25) is 0 Å². The zero-order valence-electron chi connectivity index (χ0n) is 17.3. The van der Waals surface area contributed by atoms with Crippen molar-refractivity contribution >= 4 is 22.5 Å². The normalized spacial score (nSPS) is 16.4. The van der Waals surface area contributed by atoms with E-state index in [4.69, 9.17) is 4.74 Å². The molecule has 3 aromatic rings. The van der Waals surface area contributed by atoms with Crippen LogP contribution in [0.1, 0.15) is 25.3 Å². The van der Waals surface area contributed by atoms with Crippen molar-refractivity contribution in [1.82, 2.24) is 9.88 Å². The van der Waals surface area contributed by atoms with E-state index in [1.165, 1.54) is 12.1 Å². The van der Waals surface area contributed by atoms with Crippen molar-refractivity contribution in [3.63, 3.8) is 0 Å². The first-order chi connectivity index (χ1) is 14.5. The molecule has 1 saturated heterocycles. The van der Waals surface area contributed by atoms with Crippen LogP contribution in [0.25, 0.3) is 10.9 Å². The van der Waals surface area contributed by atoms with Gasteiger partial charge in [0.2, 0.25) is 5.91 Å². The molecule has 4 rings (SSSR count). The Morgan fingerprint density at radius 2 is 1.90 bits per heavy atom. The Labute approximate surface area is 175 Å². The van der Waals surface area contributed by atoms with Crippen molar-refractivity contribution in [1.29, 1.82) is 0 Å². The van der Waals surface area contributed by atoms with Gasteiger partial charge in [0.1, 0.15) is 17.7 Å². The Morgan fingerprint density at radius 1 is 1.17 bits per heavy atom. The molecule has 1 aliphatic heterocycles. The predicted octanol–water partition coefficient (Wildman–Crippen LogP) is 4.55. The number of halogens is 1. The van der Waals surface area contributed by atoms with E-state index in [1.54, 1.807) is 18.3 Å². The van der Waals surface area contributed by atoms with E-state index in [9.17, 15) is 9.18 Å². The lowest BCUT2D eigenvalue weighted by Crippen LogP contribution is -2.47. The Hall–Kier alpha value is -2.99. The van der Waals surface area contributed by atoms with Gasteiger partial charge >= 0.3 is 0 Å². The third-order valence-electron chi connectivity index (χ3n) is 5.68. The predicted molar refractivity (Wildman–Crippen MR) is 116 cm³/mol. The maximum Gasteiger partial charge on any atom is 0.241 e. The minimum absolute atomic E-state index is 0.00572. The van der Waals surface area contributed by atoms with Crippen LogP contribution < -0.4 is 10.1 Å². The standard InChI is InChI=1S/C24H26FN3O2/c1-16-3-6-19(7-4-16)27-24(29)17(2)28-13-10-20(11-14-28)30-23-9-12-26-22-8-5-18(25)15-21(22)23/h3-9,12,15,17,20H,10-11,13-14H2,1-2H3,(H,27,29). The van der Waals surface area contributed by atoms with Crippen LogP contribution in [-0.4, -0.2) is 41.0 Å². The summed E-state index contributed by atoms with van der Waals surface area (Å²) in [6, 6.07) is 13.9. The molecule has 1 N–H and O–H groups in total. The second kappa shape index (κ2) is 8.79. The summed E-state index contributed by atoms with van der Waals surface area (Å²) in [7, 11) is 0. The number of hydrogen-bond donors (Lipinski definition) is 1. The monoisotopic (exact) mass is 407 g/mol. The molecule has 1 aliphatic rings. The highest BCUT2D eigenvalue weighted by Gasteiger charge is 2.27. The molecular weight excluding hydrogens is 381 g/mol. The zero-order chi connectivity index (χ0) is 21.1. The van der Waals surface area contributed by atoms with Gasteiger partial charge in [-0.1, -0.05) is 17.7 Å². The second-order valence-electron chi connectivity index (χ2n) is 7.85. The molecule has 0 bridgehead atoms. The van der Waals surface area contributed by atoms with E-state index in [1.807, 2.05) is 38.1 Å². The number of aryl methyl sites for hydroxylation is 1. The number of carbonyl (C=O) groups excluding carboxylic acids is 1. The fourth-order valence-electron chi connectivity index (χ4n) is 3.81. The van der Waals surface area contributed by atoms with Crippen molar-refractivity contribution in [3.8, 4) is 5.75 Å². The number of anilines is 1. The van der Waals surface area contributed by atoms with E-state index in [0.29, 0.717) is 16.7 Å². The molecule has 5 nitrogen and oxygen atoms in total. The first-order valence-corrected chi connectivity index (χ1v) is 10.3. The Kier molecular flexibility index (Phi) is 5.95. The van der Waals surface area contributed by atoms with Gasteiger partial charge in [-0.25, -0.2) is 4.39 Å². The van der Waals surface area contributed by atoms with Gasteiger partial charge in [0.05, 0.1) is 11.6 Å². The lowest BCUT2D eigenvalue weighted by Gasteiger charge is -2.35.